The molecule has 5 nitrogen and oxygen atoms in total. The van der Waals surface area contributed by atoms with Crippen LogP contribution in [0.5, 0.6) is 0 Å². The lowest BCUT2D eigenvalue weighted by Crippen LogP contribution is -2.42. The van der Waals surface area contributed by atoms with Crippen molar-refractivity contribution < 1.29 is 12.8 Å². The number of aliphatic imine (C=N–C) groups is 1. The first-order valence-corrected chi connectivity index (χ1v) is 10.1. The van der Waals surface area contributed by atoms with E-state index in [0.717, 1.165) is 18.4 Å². The van der Waals surface area contributed by atoms with E-state index in [0.29, 0.717) is 18.1 Å². The SMILES string of the molecule is CN=C(NCC1(CS(C)(=O)=O)CC1)NC(C)c1ccc(C)c(F)c1.I. The molecule has 8 heteroatoms. The third-order valence-electron chi connectivity index (χ3n) is 4.43. The minimum atomic E-state index is -2.99. The summed E-state index contributed by atoms with van der Waals surface area (Å²) in [6.07, 6.45) is 3.08. The quantitative estimate of drug-likeness (QED) is 0.371. The molecule has 0 aromatic heterocycles. The first kappa shape index (κ1) is 22.1. The van der Waals surface area contributed by atoms with Gasteiger partial charge < -0.3 is 10.6 Å². The number of rotatable bonds is 6. The van der Waals surface area contributed by atoms with Crippen molar-refractivity contribution in [2.45, 2.75) is 32.7 Å². The molecule has 1 aliphatic rings. The van der Waals surface area contributed by atoms with E-state index in [1.165, 1.54) is 12.3 Å². The van der Waals surface area contributed by atoms with E-state index in [-0.39, 0.29) is 47.0 Å². The second-order valence-corrected chi connectivity index (χ2v) is 9.01. The molecule has 1 unspecified atom stereocenters. The molecule has 1 saturated carbocycles. The number of benzene rings is 1. The Morgan fingerprint density at radius 1 is 1.40 bits per heavy atom. The number of hydrogen-bond donors (Lipinski definition) is 2. The van der Waals surface area contributed by atoms with E-state index in [9.17, 15) is 12.8 Å². The van der Waals surface area contributed by atoms with Gasteiger partial charge in [0.2, 0.25) is 0 Å². The maximum absolute atomic E-state index is 13.7. The largest absolute Gasteiger partial charge is 0.356 e. The Morgan fingerprint density at radius 3 is 2.52 bits per heavy atom. The summed E-state index contributed by atoms with van der Waals surface area (Å²) in [5, 5.41) is 6.42. The van der Waals surface area contributed by atoms with Crippen LogP contribution in [0.1, 0.15) is 36.9 Å². The average Bonchev–Trinajstić information content (AvgIpc) is 3.23. The average molecular weight is 483 g/mol. The fraction of sp³-hybridized carbons (Fsp3) is 0.588. The molecule has 0 saturated heterocycles. The number of halogens is 2. The second-order valence-electron chi connectivity index (χ2n) is 6.87. The lowest BCUT2D eigenvalue weighted by Gasteiger charge is -2.21. The minimum absolute atomic E-state index is 0. The van der Waals surface area contributed by atoms with Gasteiger partial charge in [0, 0.05) is 25.3 Å². The Bertz CT molecular complexity index is 733. The molecule has 2 N–H and O–H groups in total. The lowest BCUT2D eigenvalue weighted by atomic mass is 10.1. The molecule has 1 aromatic rings. The summed E-state index contributed by atoms with van der Waals surface area (Å²) < 4.78 is 36.7. The Balaban J connectivity index is 0.00000312. The van der Waals surface area contributed by atoms with Gasteiger partial charge in [0.05, 0.1) is 11.8 Å². The molecule has 1 aromatic carbocycles. The molecule has 1 atom stereocenters. The third-order valence-corrected chi connectivity index (χ3v) is 5.57. The Labute approximate surface area is 166 Å². The number of guanidine groups is 1. The Hall–Kier alpha value is -0.900. The highest BCUT2D eigenvalue weighted by atomic mass is 127. The van der Waals surface area contributed by atoms with Crippen molar-refractivity contribution in [2.24, 2.45) is 10.4 Å². The summed E-state index contributed by atoms with van der Waals surface area (Å²) in [5.74, 6) is 0.556. The zero-order valence-corrected chi connectivity index (χ0v) is 18.2. The molecule has 25 heavy (non-hydrogen) atoms. The van der Waals surface area contributed by atoms with Gasteiger partial charge in [0.1, 0.15) is 15.7 Å². The number of hydrogen-bond acceptors (Lipinski definition) is 3. The second kappa shape index (κ2) is 8.66. The van der Waals surface area contributed by atoms with Crippen LogP contribution < -0.4 is 10.6 Å². The number of sulfone groups is 1. The van der Waals surface area contributed by atoms with E-state index < -0.39 is 9.84 Å². The van der Waals surface area contributed by atoms with Crippen molar-refractivity contribution in [2.75, 3.05) is 25.6 Å². The minimum Gasteiger partial charge on any atom is -0.356 e. The molecule has 0 spiro atoms. The first-order valence-electron chi connectivity index (χ1n) is 8.05. The predicted octanol–water partition coefficient (Wildman–Crippen LogP) is 2.80. The molecular formula is C17H27FIN3O2S. The highest BCUT2D eigenvalue weighted by Gasteiger charge is 2.45. The van der Waals surface area contributed by atoms with Crippen molar-refractivity contribution in [1.82, 2.24) is 10.6 Å². The monoisotopic (exact) mass is 483 g/mol. The van der Waals surface area contributed by atoms with E-state index >= 15 is 0 Å². The van der Waals surface area contributed by atoms with Gasteiger partial charge in [-0.05, 0) is 43.9 Å². The molecule has 2 rings (SSSR count). The van der Waals surface area contributed by atoms with Crippen LogP contribution in [0.15, 0.2) is 23.2 Å². The van der Waals surface area contributed by atoms with Crippen molar-refractivity contribution in [1.29, 1.82) is 0 Å². The predicted molar refractivity (Wildman–Crippen MR) is 111 cm³/mol. The van der Waals surface area contributed by atoms with Crippen LogP contribution in [-0.4, -0.2) is 40.0 Å². The summed E-state index contributed by atoms with van der Waals surface area (Å²) in [5.41, 5.74) is 1.27. The summed E-state index contributed by atoms with van der Waals surface area (Å²) in [4.78, 5) is 4.17. The van der Waals surface area contributed by atoms with Crippen LogP contribution >= 0.6 is 24.0 Å². The highest BCUT2D eigenvalue weighted by Crippen LogP contribution is 2.46. The third kappa shape index (κ3) is 6.73. The number of nitrogens with zero attached hydrogens (tertiary/aromatic N) is 1. The van der Waals surface area contributed by atoms with Gasteiger partial charge in [0.25, 0.3) is 0 Å². The molecule has 0 heterocycles. The van der Waals surface area contributed by atoms with Crippen molar-refractivity contribution >= 4 is 39.8 Å². The van der Waals surface area contributed by atoms with Crippen LogP contribution in [0.4, 0.5) is 4.39 Å². The smallest absolute Gasteiger partial charge is 0.191 e. The summed E-state index contributed by atoms with van der Waals surface area (Å²) in [7, 11) is -1.33. The van der Waals surface area contributed by atoms with Gasteiger partial charge in [0.15, 0.2) is 5.96 Å². The van der Waals surface area contributed by atoms with Crippen molar-refractivity contribution in [3.05, 3.63) is 35.1 Å². The van der Waals surface area contributed by atoms with Crippen LogP contribution in [0.25, 0.3) is 0 Å². The van der Waals surface area contributed by atoms with Gasteiger partial charge in [-0.3, -0.25) is 4.99 Å². The fourth-order valence-electron chi connectivity index (χ4n) is 2.74. The van der Waals surface area contributed by atoms with E-state index in [1.54, 1.807) is 20.0 Å². The maximum Gasteiger partial charge on any atom is 0.191 e. The molecule has 0 aliphatic heterocycles. The van der Waals surface area contributed by atoms with Crippen molar-refractivity contribution in [3.63, 3.8) is 0 Å². The molecule has 0 bridgehead atoms. The normalized spacial score (nSPS) is 17.4. The Kier molecular flexibility index (Phi) is 7.67. The fourth-order valence-corrected chi connectivity index (χ4v) is 4.24. The highest BCUT2D eigenvalue weighted by molar-refractivity contribution is 14.0. The number of nitrogens with one attached hydrogen (secondary N) is 2. The van der Waals surface area contributed by atoms with E-state index in [1.807, 2.05) is 13.0 Å². The molecule has 0 radical (unpaired) electrons. The molecule has 1 fully saturated rings. The molecule has 142 valence electrons. The zero-order chi connectivity index (χ0) is 18.0. The van der Waals surface area contributed by atoms with Crippen LogP contribution in [0.2, 0.25) is 0 Å². The molecule has 0 amide bonds. The van der Waals surface area contributed by atoms with Crippen LogP contribution in [0.3, 0.4) is 0 Å². The molecular weight excluding hydrogens is 456 g/mol. The topological polar surface area (TPSA) is 70.6 Å². The molecule has 1 aliphatic carbocycles. The zero-order valence-electron chi connectivity index (χ0n) is 15.1. The summed E-state index contributed by atoms with van der Waals surface area (Å²) >= 11 is 0. The van der Waals surface area contributed by atoms with Gasteiger partial charge in [-0.1, -0.05) is 12.1 Å². The number of aryl methyl sites for hydroxylation is 1. The Morgan fingerprint density at radius 2 is 2.04 bits per heavy atom. The lowest BCUT2D eigenvalue weighted by molar-refractivity contribution is 0.526. The van der Waals surface area contributed by atoms with E-state index in [4.69, 9.17) is 0 Å². The van der Waals surface area contributed by atoms with E-state index in [2.05, 4.69) is 15.6 Å². The standard InChI is InChI=1S/C17H26FN3O2S.HI/c1-12-5-6-14(9-15(12)18)13(2)21-16(19-3)20-10-17(7-8-17)11-24(4,22)23;/h5-6,9,13H,7-8,10-11H2,1-4H3,(H2,19,20,21);1H. The summed E-state index contributed by atoms with van der Waals surface area (Å²) in [6.45, 7) is 4.23. The van der Waals surface area contributed by atoms with Crippen LogP contribution in [-0.2, 0) is 9.84 Å². The van der Waals surface area contributed by atoms with Gasteiger partial charge >= 0.3 is 0 Å². The summed E-state index contributed by atoms with van der Waals surface area (Å²) in [6, 6.07) is 5.04. The van der Waals surface area contributed by atoms with Gasteiger partial charge in [-0.15, -0.1) is 24.0 Å². The maximum atomic E-state index is 13.7. The van der Waals surface area contributed by atoms with Gasteiger partial charge in [-0.25, -0.2) is 12.8 Å². The van der Waals surface area contributed by atoms with Crippen LogP contribution in [0, 0.1) is 18.2 Å². The van der Waals surface area contributed by atoms with Crippen molar-refractivity contribution in [3.8, 4) is 0 Å². The van der Waals surface area contributed by atoms with Gasteiger partial charge in [-0.2, -0.15) is 0 Å². The first-order chi connectivity index (χ1) is 11.1.